The van der Waals surface area contributed by atoms with Gasteiger partial charge < -0.3 is 19.5 Å². The van der Waals surface area contributed by atoms with E-state index in [1.807, 2.05) is 36.4 Å². The van der Waals surface area contributed by atoms with Crippen molar-refractivity contribution in [2.45, 2.75) is 62.1 Å². The van der Waals surface area contributed by atoms with E-state index in [4.69, 9.17) is 4.74 Å². The van der Waals surface area contributed by atoms with E-state index in [-0.39, 0.29) is 30.9 Å². The maximum Gasteiger partial charge on any atom is 0.573 e. The van der Waals surface area contributed by atoms with Gasteiger partial charge >= 0.3 is 12.5 Å². The number of hydrogen-bond acceptors (Lipinski definition) is 4. The fraction of sp³-hybridized carbons (Fsp3) is 0.367. The molecule has 3 aromatic carbocycles. The van der Waals surface area contributed by atoms with Gasteiger partial charge in [0.2, 0.25) is 0 Å². The second-order valence-corrected chi connectivity index (χ2v) is 10.6. The highest BCUT2D eigenvalue weighted by Crippen LogP contribution is 2.47. The molecule has 0 saturated carbocycles. The standard InChI is InChI=1S/C30H27F4NO4/c31-27-13-12-20(39-30(32,33)34)14-26(27)29(37)15-18-6-5-7-19(16-29)35(18)28(36)38-17-25-23-10-3-1-8-21(23)22-9-2-4-11-24(22)25/h1-4,8-14,18-19,25,37H,5-7,15-17H2. The van der Waals surface area contributed by atoms with Crippen molar-refractivity contribution in [1.29, 1.82) is 0 Å². The molecule has 204 valence electrons. The summed E-state index contributed by atoms with van der Waals surface area (Å²) in [6.07, 6.45) is -3.50. The van der Waals surface area contributed by atoms with Crippen LogP contribution in [0.25, 0.3) is 11.1 Å². The zero-order valence-electron chi connectivity index (χ0n) is 21.0. The van der Waals surface area contributed by atoms with E-state index in [0.717, 1.165) is 46.9 Å². The van der Waals surface area contributed by atoms with Crippen molar-refractivity contribution in [3.05, 3.63) is 89.2 Å². The molecule has 0 aromatic heterocycles. The number of carbonyl (C=O) groups is 1. The van der Waals surface area contributed by atoms with Crippen LogP contribution in [-0.2, 0) is 10.3 Å². The Kier molecular flexibility index (Phi) is 6.29. The summed E-state index contributed by atoms with van der Waals surface area (Å²) in [5, 5.41) is 11.5. The number of halogens is 4. The Hall–Kier alpha value is -3.59. The van der Waals surface area contributed by atoms with Crippen molar-refractivity contribution in [2.24, 2.45) is 0 Å². The lowest BCUT2D eigenvalue weighted by atomic mass is 9.72. The van der Waals surface area contributed by atoms with Crippen LogP contribution in [-0.4, -0.2) is 41.2 Å². The van der Waals surface area contributed by atoms with Crippen LogP contribution >= 0.6 is 0 Å². The van der Waals surface area contributed by atoms with Crippen molar-refractivity contribution >= 4 is 6.09 Å². The van der Waals surface area contributed by atoms with Gasteiger partial charge in [-0.15, -0.1) is 13.2 Å². The third kappa shape index (κ3) is 4.73. The lowest BCUT2D eigenvalue weighted by Gasteiger charge is -2.51. The van der Waals surface area contributed by atoms with Gasteiger partial charge in [-0.2, -0.15) is 0 Å². The van der Waals surface area contributed by atoms with E-state index in [2.05, 4.69) is 16.9 Å². The van der Waals surface area contributed by atoms with Gasteiger partial charge in [0.15, 0.2) is 0 Å². The fourth-order valence-corrected chi connectivity index (χ4v) is 6.67. The summed E-state index contributed by atoms with van der Waals surface area (Å²) in [5.74, 6) is -1.52. The molecule has 2 atom stereocenters. The minimum Gasteiger partial charge on any atom is -0.448 e. The van der Waals surface area contributed by atoms with Gasteiger partial charge in [-0.1, -0.05) is 48.5 Å². The quantitative estimate of drug-likeness (QED) is 0.366. The molecule has 2 heterocycles. The molecule has 5 nitrogen and oxygen atoms in total. The monoisotopic (exact) mass is 541 g/mol. The number of rotatable bonds is 4. The molecule has 2 saturated heterocycles. The lowest BCUT2D eigenvalue weighted by molar-refractivity contribution is -0.274. The van der Waals surface area contributed by atoms with Crippen molar-refractivity contribution < 1.29 is 36.9 Å². The zero-order valence-corrected chi connectivity index (χ0v) is 21.0. The van der Waals surface area contributed by atoms with E-state index in [1.165, 1.54) is 0 Å². The van der Waals surface area contributed by atoms with Crippen molar-refractivity contribution in [2.75, 3.05) is 6.61 Å². The van der Waals surface area contributed by atoms with Crippen molar-refractivity contribution in [3.63, 3.8) is 0 Å². The summed E-state index contributed by atoms with van der Waals surface area (Å²) < 4.78 is 62.9. The summed E-state index contributed by atoms with van der Waals surface area (Å²) in [7, 11) is 0. The van der Waals surface area contributed by atoms with Crippen LogP contribution in [0.5, 0.6) is 5.75 Å². The second kappa shape index (κ2) is 9.55. The van der Waals surface area contributed by atoms with E-state index in [9.17, 15) is 27.5 Å². The molecule has 39 heavy (non-hydrogen) atoms. The Bertz CT molecular complexity index is 1350. The van der Waals surface area contributed by atoms with E-state index < -0.39 is 41.7 Å². The Morgan fingerprint density at radius 3 is 2.13 bits per heavy atom. The Balaban J connectivity index is 1.20. The number of nitrogens with zero attached hydrogens (tertiary/aromatic N) is 1. The van der Waals surface area contributed by atoms with Gasteiger partial charge in [0.05, 0.1) is 5.60 Å². The van der Waals surface area contributed by atoms with Gasteiger partial charge in [-0.05, 0) is 59.7 Å². The lowest BCUT2D eigenvalue weighted by Crippen LogP contribution is -2.59. The van der Waals surface area contributed by atoms with Crippen LogP contribution in [0.4, 0.5) is 22.4 Å². The predicted molar refractivity (Wildman–Crippen MR) is 135 cm³/mol. The molecule has 1 amide bonds. The average molecular weight is 542 g/mol. The fourth-order valence-electron chi connectivity index (χ4n) is 6.67. The number of piperidine rings is 2. The van der Waals surface area contributed by atoms with Gasteiger partial charge in [0.25, 0.3) is 0 Å². The summed E-state index contributed by atoms with van der Waals surface area (Å²) in [6.45, 7) is 0.151. The first-order valence-electron chi connectivity index (χ1n) is 13.0. The first-order valence-corrected chi connectivity index (χ1v) is 13.0. The summed E-state index contributed by atoms with van der Waals surface area (Å²) in [6, 6.07) is 17.8. The number of amides is 1. The molecular weight excluding hydrogens is 514 g/mol. The number of ether oxygens (including phenoxy) is 2. The number of alkyl halides is 3. The molecule has 2 unspecified atom stereocenters. The molecule has 1 N–H and O–H groups in total. The summed E-state index contributed by atoms with van der Waals surface area (Å²) in [4.78, 5) is 15.1. The largest absolute Gasteiger partial charge is 0.573 e. The third-order valence-corrected chi connectivity index (χ3v) is 8.23. The normalized spacial score (nSPS) is 24.2. The summed E-state index contributed by atoms with van der Waals surface area (Å²) in [5.41, 5.74) is 2.42. The van der Waals surface area contributed by atoms with Crippen LogP contribution in [0.3, 0.4) is 0 Å². The van der Waals surface area contributed by atoms with Crippen LogP contribution in [0, 0.1) is 5.82 Å². The molecule has 3 aromatic rings. The van der Waals surface area contributed by atoms with E-state index in [1.54, 1.807) is 4.90 Å². The van der Waals surface area contributed by atoms with E-state index in [0.29, 0.717) is 12.8 Å². The SMILES string of the molecule is O=C(OCC1c2ccccc2-c2ccccc21)N1C2CCCC1CC(O)(c1cc(OC(F)(F)F)ccc1F)C2. The highest BCUT2D eigenvalue weighted by molar-refractivity contribution is 5.79. The molecule has 1 aliphatic carbocycles. The molecule has 0 radical (unpaired) electrons. The van der Waals surface area contributed by atoms with Crippen LogP contribution in [0.15, 0.2) is 66.7 Å². The van der Waals surface area contributed by atoms with Crippen molar-refractivity contribution in [1.82, 2.24) is 4.90 Å². The number of carbonyl (C=O) groups excluding carboxylic acids is 1. The van der Waals surface area contributed by atoms with Crippen LogP contribution < -0.4 is 4.74 Å². The Morgan fingerprint density at radius 2 is 1.54 bits per heavy atom. The smallest absolute Gasteiger partial charge is 0.448 e. The first kappa shape index (κ1) is 25.7. The average Bonchev–Trinajstić information content (AvgIpc) is 3.21. The highest BCUT2D eigenvalue weighted by Gasteiger charge is 2.50. The minimum atomic E-state index is -4.94. The molecule has 9 heteroatoms. The Labute approximate surface area is 223 Å². The maximum atomic E-state index is 14.8. The maximum absolute atomic E-state index is 14.8. The topological polar surface area (TPSA) is 59.0 Å². The van der Waals surface area contributed by atoms with Gasteiger partial charge in [-0.3, -0.25) is 0 Å². The molecule has 2 bridgehead atoms. The number of aliphatic hydroxyl groups is 1. The van der Waals surface area contributed by atoms with Crippen LogP contribution in [0.1, 0.15) is 54.7 Å². The van der Waals surface area contributed by atoms with Gasteiger partial charge in [0, 0.05) is 36.4 Å². The summed E-state index contributed by atoms with van der Waals surface area (Å²) >= 11 is 0. The molecule has 6 rings (SSSR count). The van der Waals surface area contributed by atoms with Gasteiger partial charge in [0.1, 0.15) is 18.2 Å². The highest BCUT2D eigenvalue weighted by atomic mass is 19.4. The van der Waals surface area contributed by atoms with E-state index >= 15 is 0 Å². The number of fused-ring (bicyclic) bond motifs is 5. The van der Waals surface area contributed by atoms with Crippen LogP contribution in [0.2, 0.25) is 0 Å². The molecule has 0 spiro atoms. The third-order valence-electron chi connectivity index (χ3n) is 8.23. The first-order chi connectivity index (χ1) is 18.6. The zero-order chi connectivity index (χ0) is 27.4. The van der Waals surface area contributed by atoms with Gasteiger partial charge in [-0.25, -0.2) is 9.18 Å². The number of hydrogen-bond donors (Lipinski definition) is 1. The molecular formula is C30H27F4NO4. The number of benzene rings is 3. The molecule has 3 aliphatic rings. The minimum absolute atomic E-state index is 0.0138. The second-order valence-electron chi connectivity index (χ2n) is 10.6. The molecule has 2 fully saturated rings. The molecule has 2 aliphatic heterocycles. The van der Waals surface area contributed by atoms with Crippen molar-refractivity contribution in [3.8, 4) is 16.9 Å². The Morgan fingerprint density at radius 1 is 0.949 bits per heavy atom. The predicted octanol–water partition coefficient (Wildman–Crippen LogP) is 6.88.